The van der Waals surface area contributed by atoms with Crippen LogP contribution in [0.3, 0.4) is 0 Å². The van der Waals surface area contributed by atoms with Crippen molar-refractivity contribution in [1.29, 1.82) is 0 Å². The van der Waals surface area contributed by atoms with Gasteiger partial charge in [0.2, 0.25) is 5.82 Å². The number of aromatic carboxylic acids is 1. The highest BCUT2D eigenvalue weighted by molar-refractivity contribution is 5.83. The first-order valence-corrected chi connectivity index (χ1v) is 5.50. The van der Waals surface area contributed by atoms with E-state index < -0.39 is 5.97 Å². The Hall–Kier alpha value is -2.83. The van der Waals surface area contributed by atoms with Crippen LogP contribution in [0.25, 0.3) is 17.0 Å². The maximum atomic E-state index is 10.9. The van der Waals surface area contributed by atoms with Gasteiger partial charge in [-0.25, -0.2) is 14.3 Å². The lowest BCUT2D eigenvalue weighted by Gasteiger charge is -2.02. The molecule has 2 N–H and O–H groups in total. The molecule has 7 nitrogen and oxygen atoms in total. The van der Waals surface area contributed by atoms with E-state index in [0.29, 0.717) is 17.2 Å². The fraction of sp³-hybridized carbons (Fsp3) is 0.0833. The van der Waals surface area contributed by atoms with Crippen molar-refractivity contribution in [1.82, 2.24) is 19.6 Å². The lowest BCUT2D eigenvalue weighted by Crippen LogP contribution is -2.00. The molecule has 1 aromatic carbocycles. The van der Waals surface area contributed by atoms with Gasteiger partial charge in [0.05, 0.1) is 19.0 Å². The predicted octanol–water partition coefficient (Wildman–Crippen LogP) is 1.43. The fourth-order valence-corrected chi connectivity index (χ4v) is 1.84. The first-order chi connectivity index (χ1) is 9.19. The number of benzene rings is 1. The molecule has 0 aliphatic rings. The Labute approximate surface area is 107 Å². The second kappa shape index (κ2) is 4.13. The van der Waals surface area contributed by atoms with Crippen LogP contribution in [0.1, 0.15) is 10.6 Å². The molecule has 0 saturated carbocycles. The van der Waals surface area contributed by atoms with Crippen LogP contribution in [0.5, 0.6) is 5.75 Å². The van der Waals surface area contributed by atoms with E-state index in [1.807, 2.05) is 24.3 Å². The molecule has 0 spiro atoms. The van der Waals surface area contributed by atoms with Crippen molar-refractivity contribution in [3.8, 4) is 17.0 Å². The molecular weight excluding hydrogens is 248 g/mol. The summed E-state index contributed by atoms with van der Waals surface area (Å²) in [5, 5.41) is 11.6. The third-order valence-electron chi connectivity index (χ3n) is 2.74. The molecule has 0 aliphatic heterocycles. The first kappa shape index (κ1) is 11.3. The summed E-state index contributed by atoms with van der Waals surface area (Å²) in [7, 11) is 1.59. The zero-order chi connectivity index (χ0) is 13.4. The summed E-state index contributed by atoms with van der Waals surface area (Å²) in [6.45, 7) is 0. The van der Waals surface area contributed by atoms with Crippen molar-refractivity contribution in [3.05, 3.63) is 36.3 Å². The van der Waals surface area contributed by atoms with Crippen LogP contribution in [0.15, 0.2) is 30.5 Å². The van der Waals surface area contributed by atoms with Crippen molar-refractivity contribution in [3.63, 3.8) is 0 Å². The third-order valence-corrected chi connectivity index (χ3v) is 2.74. The van der Waals surface area contributed by atoms with Gasteiger partial charge in [0.1, 0.15) is 5.75 Å². The van der Waals surface area contributed by atoms with E-state index in [9.17, 15) is 4.79 Å². The van der Waals surface area contributed by atoms with Crippen molar-refractivity contribution in [2.75, 3.05) is 7.11 Å². The monoisotopic (exact) mass is 258 g/mol. The average Bonchev–Trinajstić information content (AvgIpc) is 2.98. The third kappa shape index (κ3) is 1.81. The van der Waals surface area contributed by atoms with Gasteiger partial charge >= 0.3 is 5.97 Å². The van der Waals surface area contributed by atoms with Crippen LogP contribution in [0, 0.1) is 0 Å². The molecule has 3 rings (SSSR count). The van der Waals surface area contributed by atoms with E-state index in [0.717, 1.165) is 5.56 Å². The molecular formula is C12H10N4O3. The number of nitrogens with zero attached hydrogens (tertiary/aromatic N) is 3. The normalized spacial score (nSPS) is 10.8. The van der Waals surface area contributed by atoms with Gasteiger partial charge in [-0.3, -0.25) is 5.10 Å². The molecule has 0 aliphatic carbocycles. The molecule has 7 heteroatoms. The molecule has 0 amide bonds. The van der Waals surface area contributed by atoms with E-state index >= 15 is 0 Å². The van der Waals surface area contributed by atoms with Gasteiger partial charge in [-0.2, -0.15) is 4.98 Å². The van der Waals surface area contributed by atoms with Gasteiger partial charge in [0.25, 0.3) is 5.78 Å². The summed E-state index contributed by atoms with van der Waals surface area (Å²) in [5.74, 6) is -0.241. The van der Waals surface area contributed by atoms with E-state index in [-0.39, 0.29) is 5.82 Å². The van der Waals surface area contributed by atoms with Gasteiger partial charge in [0, 0.05) is 5.56 Å². The summed E-state index contributed by atoms with van der Waals surface area (Å²) in [5.41, 5.74) is 1.57. The number of nitrogens with one attached hydrogen (secondary N) is 1. The van der Waals surface area contributed by atoms with Crippen LogP contribution in [0.4, 0.5) is 0 Å². The fourth-order valence-electron chi connectivity index (χ4n) is 1.84. The largest absolute Gasteiger partial charge is 0.497 e. The quantitative estimate of drug-likeness (QED) is 0.741. The smallest absolute Gasteiger partial charge is 0.373 e. The Kier molecular flexibility index (Phi) is 2.45. The molecule has 2 aromatic heterocycles. The van der Waals surface area contributed by atoms with Gasteiger partial charge in [-0.1, -0.05) is 12.1 Å². The summed E-state index contributed by atoms with van der Waals surface area (Å²) in [6, 6.07) is 7.40. The first-order valence-electron chi connectivity index (χ1n) is 5.50. The Morgan fingerprint density at radius 2 is 2.32 bits per heavy atom. The standard InChI is InChI=1S/C12H10N4O3/c1-19-8-4-2-3-7(5-8)9-6-13-12-14-10(11(17)18)15-16(9)12/h2-6H,1H3,(H,17,18)(H,13,14,15). The molecule has 0 saturated heterocycles. The number of ether oxygens (including phenoxy) is 1. The molecule has 0 unspecified atom stereocenters. The van der Waals surface area contributed by atoms with Crippen LogP contribution in [-0.4, -0.2) is 37.8 Å². The molecule has 96 valence electrons. The van der Waals surface area contributed by atoms with E-state index in [2.05, 4.69) is 15.1 Å². The number of H-pyrrole nitrogens is 1. The van der Waals surface area contributed by atoms with Crippen molar-refractivity contribution < 1.29 is 14.6 Å². The Morgan fingerprint density at radius 1 is 1.47 bits per heavy atom. The summed E-state index contributed by atoms with van der Waals surface area (Å²) in [4.78, 5) is 18.8. The number of imidazole rings is 1. The molecule has 0 atom stereocenters. The number of hydrogen-bond donors (Lipinski definition) is 2. The molecule has 0 fully saturated rings. The van der Waals surface area contributed by atoms with Gasteiger partial charge in [-0.15, -0.1) is 0 Å². The molecule has 0 radical (unpaired) electrons. The van der Waals surface area contributed by atoms with Crippen molar-refractivity contribution >= 4 is 11.7 Å². The lowest BCUT2D eigenvalue weighted by molar-refractivity contribution is 0.0684. The number of carboxylic acid groups (broad SMARTS) is 1. The van der Waals surface area contributed by atoms with Crippen LogP contribution in [-0.2, 0) is 0 Å². The molecule has 2 heterocycles. The number of carboxylic acids is 1. The summed E-state index contributed by atoms with van der Waals surface area (Å²) in [6.07, 6.45) is 1.62. The topological polar surface area (TPSA) is 92.5 Å². The predicted molar refractivity (Wildman–Crippen MR) is 66.3 cm³/mol. The van der Waals surface area contributed by atoms with E-state index in [4.69, 9.17) is 9.84 Å². The van der Waals surface area contributed by atoms with Gasteiger partial charge in [-0.05, 0) is 12.1 Å². The maximum absolute atomic E-state index is 10.9. The Balaban J connectivity index is 2.16. The second-order valence-corrected chi connectivity index (χ2v) is 3.89. The Bertz CT molecular complexity index is 759. The number of rotatable bonds is 3. The summed E-state index contributed by atoms with van der Waals surface area (Å²) < 4.78 is 6.68. The number of aromatic amines is 1. The number of carbonyl (C=O) groups is 1. The zero-order valence-electron chi connectivity index (χ0n) is 9.99. The minimum Gasteiger partial charge on any atom is -0.497 e. The minimum atomic E-state index is -1.12. The molecule has 19 heavy (non-hydrogen) atoms. The van der Waals surface area contributed by atoms with Crippen LogP contribution in [0.2, 0.25) is 0 Å². The SMILES string of the molecule is COc1cccc(-c2cnc3nc(C(=O)O)[nH]n23)c1. The lowest BCUT2D eigenvalue weighted by atomic mass is 10.1. The average molecular weight is 258 g/mol. The molecule has 3 aromatic rings. The van der Waals surface area contributed by atoms with Crippen molar-refractivity contribution in [2.24, 2.45) is 0 Å². The second-order valence-electron chi connectivity index (χ2n) is 3.89. The van der Waals surface area contributed by atoms with E-state index in [1.54, 1.807) is 13.3 Å². The van der Waals surface area contributed by atoms with Gasteiger partial charge < -0.3 is 9.84 Å². The highest BCUT2D eigenvalue weighted by Gasteiger charge is 2.14. The molecule has 0 bridgehead atoms. The van der Waals surface area contributed by atoms with Crippen LogP contribution < -0.4 is 4.74 Å². The Morgan fingerprint density at radius 3 is 3.05 bits per heavy atom. The number of fused-ring (bicyclic) bond motifs is 1. The summed E-state index contributed by atoms with van der Waals surface area (Å²) >= 11 is 0. The van der Waals surface area contributed by atoms with Crippen molar-refractivity contribution in [2.45, 2.75) is 0 Å². The zero-order valence-corrected chi connectivity index (χ0v) is 9.99. The minimum absolute atomic E-state index is 0.146. The van der Waals surface area contributed by atoms with E-state index in [1.165, 1.54) is 4.52 Å². The van der Waals surface area contributed by atoms with Crippen LogP contribution >= 0.6 is 0 Å². The highest BCUT2D eigenvalue weighted by atomic mass is 16.5. The number of aromatic nitrogens is 4. The maximum Gasteiger partial charge on any atom is 0.373 e. The number of methoxy groups -OCH3 is 1. The number of hydrogen-bond acceptors (Lipinski definition) is 4. The highest BCUT2D eigenvalue weighted by Crippen LogP contribution is 2.23. The van der Waals surface area contributed by atoms with Gasteiger partial charge in [0.15, 0.2) is 0 Å².